The molecule has 0 radical (unpaired) electrons. The molecule has 110 valence electrons. The van der Waals surface area contributed by atoms with Crippen LogP contribution in [0.1, 0.15) is 31.7 Å². The van der Waals surface area contributed by atoms with E-state index in [1.807, 2.05) is 12.1 Å². The fraction of sp³-hybridized carbons (Fsp3) is 0.529. The Balaban J connectivity index is 2.03. The summed E-state index contributed by atoms with van der Waals surface area (Å²) in [5.41, 5.74) is 1.14. The quantitative estimate of drug-likeness (QED) is 0.892. The van der Waals surface area contributed by atoms with Crippen LogP contribution in [-0.4, -0.2) is 26.8 Å². The summed E-state index contributed by atoms with van der Waals surface area (Å²) < 4.78 is 10.6. The van der Waals surface area contributed by atoms with Gasteiger partial charge in [0.25, 0.3) is 0 Å². The lowest BCUT2D eigenvalue weighted by atomic mass is 9.90. The van der Waals surface area contributed by atoms with Crippen LogP contribution in [-0.2, 0) is 0 Å². The molecule has 1 aromatic rings. The van der Waals surface area contributed by atoms with Gasteiger partial charge in [-0.25, -0.2) is 0 Å². The first-order valence-corrected chi connectivity index (χ1v) is 7.40. The average Bonchev–Trinajstić information content (AvgIpc) is 2.52. The van der Waals surface area contributed by atoms with Gasteiger partial charge in [0.2, 0.25) is 0 Å². The van der Waals surface area contributed by atoms with Gasteiger partial charge in [0.15, 0.2) is 11.5 Å². The van der Waals surface area contributed by atoms with Crippen molar-refractivity contribution in [3.05, 3.63) is 29.8 Å². The Morgan fingerprint density at radius 3 is 2.75 bits per heavy atom. The second-order valence-electron chi connectivity index (χ2n) is 5.33. The van der Waals surface area contributed by atoms with Crippen molar-refractivity contribution in [3.63, 3.8) is 0 Å². The van der Waals surface area contributed by atoms with E-state index in [0.29, 0.717) is 6.04 Å². The number of hydrogen-bond donors (Lipinski definition) is 1. The van der Waals surface area contributed by atoms with Crippen LogP contribution in [0.25, 0.3) is 6.08 Å². The van der Waals surface area contributed by atoms with Crippen LogP contribution < -0.4 is 14.8 Å². The van der Waals surface area contributed by atoms with Crippen LogP contribution >= 0.6 is 0 Å². The maximum absolute atomic E-state index is 5.33. The molecular formula is C17H25NO2. The molecule has 20 heavy (non-hydrogen) atoms. The summed E-state index contributed by atoms with van der Waals surface area (Å²) in [6.07, 6.45) is 8.25. The van der Waals surface area contributed by atoms with E-state index in [1.165, 1.54) is 19.3 Å². The van der Waals surface area contributed by atoms with Gasteiger partial charge < -0.3 is 14.8 Å². The van der Waals surface area contributed by atoms with E-state index in [4.69, 9.17) is 9.47 Å². The lowest BCUT2D eigenvalue weighted by Crippen LogP contribution is -2.36. The van der Waals surface area contributed by atoms with Gasteiger partial charge in [0.1, 0.15) is 0 Å². The molecule has 3 nitrogen and oxygen atoms in total. The second kappa shape index (κ2) is 7.34. The Kier molecular flexibility index (Phi) is 5.48. The van der Waals surface area contributed by atoms with E-state index < -0.39 is 0 Å². The van der Waals surface area contributed by atoms with Gasteiger partial charge in [-0.3, -0.25) is 0 Å². The van der Waals surface area contributed by atoms with Crippen LogP contribution in [0.15, 0.2) is 24.3 Å². The summed E-state index contributed by atoms with van der Waals surface area (Å²) in [5.74, 6) is 2.40. The van der Waals surface area contributed by atoms with Crippen molar-refractivity contribution >= 4 is 6.08 Å². The fourth-order valence-electron chi connectivity index (χ4n) is 2.73. The molecule has 0 spiro atoms. The molecule has 0 aliphatic carbocycles. The summed E-state index contributed by atoms with van der Waals surface area (Å²) in [4.78, 5) is 0. The third kappa shape index (κ3) is 3.76. The summed E-state index contributed by atoms with van der Waals surface area (Å²) in [5, 5.41) is 3.56. The van der Waals surface area contributed by atoms with Crippen molar-refractivity contribution < 1.29 is 9.47 Å². The van der Waals surface area contributed by atoms with Gasteiger partial charge in [-0.1, -0.05) is 31.6 Å². The third-order valence-corrected chi connectivity index (χ3v) is 4.05. The Morgan fingerprint density at radius 2 is 2.05 bits per heavy atom. The fourth-order valence-corrected chi connectivity index (χ4v) is 2.73. The predicted molar refractivity (Wildman–Crippen MR) is 83.4 cm³/mol. The van der Waals surface area contributed by atoms with Crippen molar-refractivity contribution in [2.75, 3.05) is 20.8 Å². The van der Waals surface area contributed by atoms with Gasteiger partial charge in [0, 0.05) is 6.04 Å². The van der Waals surface area contributed by atoms with E-state index in [2.05, 4.69) is 30.5 Å². The molecule has 2 rings (SSSR count). The molecule has 1 N–H and O–H groups in total. The number of ether oxygens (including phenoxy) is 2. The molecule has 3 heteroatoms. The molecule has 1 aromatic carbocycles. The van der Waals surface area contributed by atoms with Gasteiger partial charge in [-0.15, -0.1) is 0 Å². The van der Waals surface area contributed by atoms with E-state index in [9.17, 15) is 0 Å². The SMILES string of the molecule is CCC1CCNC(/C=C/c2ccc(OC)c(OC)c2)C1. The van der Waals surface area contributed by atoms with Crippen molar-refractivity contribution in [2.24, 2.45) is 5.92 Å². The smallest absolute Gasteiger partial charge is 0.161 e. The first-order chi connectivity index (χ1) is 9.76. The van der Waals surface area contributed by atoms with E-state index >= 15 is 0 Å². The minimum atomic E-state index is 0.488. The Bertz CT molecular complexity index is 456. The topological polar surface area (TPSA) is 30.5 Å². The van der Waals surface area contributed by atoms with Gasteiger partial charge in [-0.2, -0.15) is 0 Å². The molecule has 1 aliphatic rings. The van der Waals surface area contributed by atoms with Crippen LogP contribution in [0.4, 0.5) is 0 Å². The highest BCUT2D eigenvalue weighted by Crippen LogP contribution is 2.28. The van der Waals surface area contributed by atoms with Crippen molar-refractivity contribution in [1.29, 1.82) is 0 Å². The maximum atomic E-state index is 5.33. The zero-order chi connectivity index (χ0) is 14.4. The van der Waals surface area contributed by atoms with Crippen LogP contribution in [0.3, 0.4) is 0 Å². The largest absolute Gasteiger partial charge is 0.493 e. The molecule has 0 bridgehead atoms. The number of piperidine rings is 1. The van der Waals surface area contributed by atoms with Crippen molar-refractivity contribution in [1.82, 2.24) is 5.32 Å². The lowest BCUT2D eigenvalue weighted by molar-refractivity contribution is 0.326. The predicted octanol–water partition coefficient (Wildman–Crippen LogP) is 3.50. The van der Waals surface area contributed by atoms with Crippen molar-refractivity contribution in [3.8, 4) is 11.5 Å². The number of hydrogen-bond acceptors (Lipinski definition) is 3. The highest BCUT2D eigenvalue weighted by atomic mass is 16.5. The zero-order valence-electron chi connectivity index (χ0n) is 12.7. The molecule has 1 heterocycles. The van der Waals surface area contributed by atoms with Crippen LogP contribution in [0.2, 0.25) is 0 Å². The second-order valence-corrected chi connectivity index (χ2v) is 5.33. The van der Waals surface area contributed by atoms with Gasteiger partial charge in [-0.05, 0) is 43.0 Å². The molecule has 0 amide bonds. The summed E-state index contributed by atoms with van der Waals surface area (Å²) in [6, 6.07) is 6.50. The normalized spacial score (nSPS) is 22.9. The molecule has 1 aliphatic heterocycles. The Morgan fingerprint density at radius 1 is 1.25 bits per heavy atom. The standard InChI is InChI=1S/C17H25NO2/c1-4-13-9-10-18-15(11-13)7-5-14-6-8-16(19-2)17(12-14)20-3/h5-8,12-13,15,18H,4,9-11H2,1-3H3/b7-5+. The minimum Gasteiger partial charge on any atom is -0.493 e. The molecule has 0 aromatic heterocycles. The van der Waals surface area contributed by atoms with Gasteiger partial charge >= 0.3 is 0 Å². The molecular weight excluding hydrogens is 250 g/mol. The van der Waals surface area contributed by atoms with E-state index in [-0.39, 0.29) is 0 Å². The van der Waals surface area contributed by atoms with Crippen LogP contribution in [0, 0.1) is 5.92 Å². The maximum Gasteiger partial charge on any atom is 0.161 e. The molecule has 1 fully saturated rings. The lowest BCUT2D eigenvalue weighted by Gasteiger charge is -2.27. The minimum absolute atomic E-state index is 0.488. The van der Waals surface area contributed by atoms with E-state index in [1.54, 1.807) is 14.2 Å². The third-order valence-electron chi connectivity index (χ3n) is 4.05. The van der Waals surface area contributed by atoms with Crippen LogP contribution in [0.5, 0.6) is 11.5 Å². The highest BCUT2D eigenvalue weighted by Gasteiger charge is 2.17. The Labute approximate surface area is 122 Å². The molecule has 0 saturated carbocycles. The first kappa shape index (κ1) is 14.9. The Hall–Kier alpha value is -1.48. The number of methoxy groups -OCH3 is 2. The molecule has 1 saturated heterocycles. The summed E-state index contributed by atoms with van der Waals surface area (Å²) in [7, 11) is 3.32. The summed E-state index contributed by atoms with van der Waals surface area (Å²) in [6.45, 7) is 3.41. The monoisotopic (exact) mass is 275 g/mol. The first-order valence-electron chi connectivity index (χ1n) is 7.40. The summed E-state index contributed by atoms with van der Waals surface area (Å²) >= 11 is 0. The molecule has 2 atom stereocenters. The van der Waals surface area contributed by atoms with E-state index in [0.717, 1.165) is 29.5 Å². The average molecular weight is 275 g/mol. The number of rotatable bonds is 5. The molecule has 2 unspecified atom stereocenters. The van der Waals surface area contributed by atoms with Gasteiger partial charge in [0.05, 0.1) is 14.2 Å². The highest BCUT2D eigenvalue weighted by molar-refractivity contribution is 5.56. The number of nitrogens with one attached hydrogen (secondary N) is 1. The van der Waals surface area contributed by atoms with Crippen molar-refractivity contribution in [2.45, 2.75) is 32.2 Å². The zero-order valence-corrected chi connectivity index (χ0v) is 12.7. The number of benzene rings is 1.